The maximum Gasteiger partial charge on any atom is 0.145 e. The summed E-state index contributed by atoms with van der Waals surface area (Å²) in [5.74, 6) is 0. The Kier molecular flexibility index (Phi) is 14.5. The average molecular weight is 167 g/mol. The van der Waals surface area contributed by atoms with Crippen molar-refractivity contribution in [3.63, 3.8) is 0 Å². The van der Waals surface area contributed by atoms with E-state index >= 15 is 0 Å². The van der Waals surface area contributed by atoms with Crippen LogP contribution in [0.25, 0.3) is 0 Å². The number of ether oxygens (including phenoxy) is 1. The van der Waals surface area contributed by atoms with E-state index < -0.39 is 0 Å². The monoisotopic (exact) mass is 167 g/mol. The fraction of sp³-hybridized carbons (Fsp3) is 0.667. The molecule has 0 aliphatic heterocycles. The zero-order valence-electron chi connectivity index (χ0n) is 3.55. The first-order valence-corrected chi connectivity index (χ1v) is 1.34. The van der Waals surface area contributed by atoms with E-state index in [1.165, 1.54) is 7.11 Å². The van der Waals surface area contributed by atoms with Gasteiger partial charge in [0.15, 0.2) is 0 Å². The van der Waals surface area contributed by atoms with E-state index in [0.29, 0.717) is 6.29 Å². The molecule has 0 aromatic rings. The first kappa shape index (κ1) is 9.62. The van der Waals surface area contributed by atoms with Gasteiger partial charge in [0.05, 0.1) is 0 Å². The van der Waals surface area contributed by atoms with Gasteiger partial charge in [-0.25, -0.2) is 0 Å². The molecule has 0 saturated heterocycles. The van der Waals surface area contributed by atoms with E-state index in [1.54, 1.807) is 0 Å². The molecule has 0 aliphatic carbocycles. The molecule has 0 atom stereocenters. The van der Waals surface area contributed by atoms with E-state index in [4.69, 9.17) is 0 Å². The Morgan fingerprint density at radius 2 is 2.33 bits per heavy atom. The SMILES string of the molecule is COCC=O.[Nb]. The number of rotatable bonds is 2. The van der Waals surface area contributed by atoms with Crippen molar-refractivity contribution in [3.8, 4) is 0 Å². The van der Waals surface area contributed by atoms with Crippen LogP contribution in [0.4, 0.5) is 0 Å². The first-order valence-electron chi connectivity index (χ1n) is 1.34. The third kappa shape index (κ3) is 8.84. The van der Waals surface area contributed by atoms with Gasteiger partial charge in [0, 0.05) is 29.5 Å². The summed E-state index contributed by atoms with van der Waals surface area (Å²) in [6.45, 7) is 0.208. The molecule has 0 rings (SSSR count). The average Bonchev–Trinajstić information content (AvgIpc) is 1.41. The van der Waals surface area contributed by atoms with E-state index in [2.05, 4.69) is 4.74 Å². The van der Waals surface area contributed by atoms with Crippen molar-refractivity contribution in [1.82, 2.24) is 0 Å². The molecule has 6 heavy (non-hydrogen) atoms. The van der Waals surface area contributed by atoms with E-state index in [9.17, 15) is 4.79 Å². The summed E-state index contributed by atoms with van der Waals surface area (Å²) in [4.78, 5) is 9.28. The van der Waals surface area contributed by atoms with Crippen LogP contribution in [-0.4, -0.2) is 20.0 Å². The number of aldehydes is 1. The summed E-state index contributed by atoms with van der Waals surface area (Å²) in [5, 5.41) is 0. The van der Waals surface area contributed by atoms with Crippen LogP contribution >= 0.6 is 0 Å². The van der Waals surface area contributed by atoms with E-state index in [-0.39, 0.29) is 29.0 Å². The van der Waals surface area contributed by atoms with Crippen LogP contribution in [0.3, 0.4) is 0 Å². The third-order valence-electron chi connectivity index (χ3n) is 0.235. The zero-order chi connectivity index (χ0) is 4.12. The molecule has 0 aromatic carbocycles. The Bertz CT molecular complexity index is 30.0. The minimum Gasteiger partial charge on any atom is -0.377 e. The first-order chi connectivity index (χ1) is 2.41. The van der Waals surface area contributed by atoms with Crippen molar-refractivity contribution in [2.24, 2.45) is 0 Å². The minimum atomic E-state index is 0. The van der Waals surface area contributed by atoms with E-state index in [0.717, 1.165) is 0 Å². The predicted octanol–water partition coefficient (Wildman–Crippen LogP) is -0.171. The molecule has 35 valence electrons. The van der Waals surface area contributed by atoms with Gasteiger partial charge in [-0.05, 0) is 0 Å². The van der Waals surface area contributed by atoms with E-state index in [1.807, 2.05) is 0 Å². The van der Waals surface area contributed by atoms with Crippen molar-refractivity contribution < 1.29 is 31.9 Å². The van der Waals surface area contributed by atoms with Crippen LogP contribution in [0.2, 0.25) is 0 Å². The molecule has 0 aromatic heterocycles. The van der Waals surface area contributed by atoms with Crippen LogP contribution < -0.4 is 0 Å². The van der Waals surface area contributed by atoms with Gasteiger partial charge in [-0.2, -0.15) is 0 Å². The molecule has 0 aliphatic rings. The standard InChI is InChI=1S/C3H6O2.Nb/c1-5-3-2-4;/h2H,3H2,1H3;. The van der Waals surface area contributed by atoms with Gasteiger partial charge in [-0.15, -0.1) is 0 Å². The number of carbonyl (C=O) groups excluding carboxylic acids is 1. The second kappa shape index (κ2) is 9.03. The molecule has 0 heterocycles. The summed E-state index contributed by atoms with van der Waals surface area (Å²) >= 11 is 0. The van der Waals surface area contributed by atoms with Gasteiger partial charge in [-0.1, -0.05) is 0 Å². The summed E-state index contributed by atoms with van der Waals surface area (Å²) in [6.07, 6.45) is 0.708. The normalized spacial score (nSPS) is 6.17. The zero-order valence-corrected chi connectivity index (χ0v) is 5.75. The molecular weight excluding hydrogens is 161 g/mol. The molecule has 0 amide bonds. The topological polar surface area (TPSA) is 26.3 Å². The minimum absolute atomic E-state index is 0. The van der Waals surface area contributed by atoms with Gasteiger partial charge < -0.3 is 9.53 Å². The fourth-order valence-corrected chi connectivity index (χ4v) is 0.0680. The van der Waals surface area contributed by atoms with Gasteiger partial charge in [0.1, 0.15) is 12.9 Å². The maximum atomic E-state index is 9.28. The van der Waals surface area contributed by atoms with Crippen molar-refractivity contribution in [1.29, 1.82) is 0 Å². The number of carbonyl (C=O) groups is 1. The Morgan fingerprint density at radius 1 is 1.83 bits per heavy atom. The van der Waals surface area contributed by atoms with Gasteiger partial charge in [0.25, 0.3) is 0 Å². The van der Waals surface area contributed by atoms with Crippen molar-refractivity contribution in [2.75, 3.05) is 13.7 Å². The molecule has 1 radical (unpaired) electrons. The van der Waals surface area contributed by atoms with Crippen LogP contribution in [0.5, 0.6) is 0 Å². The van der Waals surface area contributed by atoms with Crippen LogP contribution in [-0.2, 0) is 31.9 Å². The van der Waals surface area contributed by atoms with Crippen LogP contribution in [0.15, 0.2) is 0 Å². The molecule has 0 bridgehead atoms. The molecule has 0 spiro atoms. The second-order valence-corrected chi connectivity index (χ2v) is 0.622. The van der Waals surface area contributed by atoms with Crippen molar-refractivity contribution in [3.05, 3.63) is 0 Å². The quantitative estimate of drug-likeness (QED) is 0.421. The number of hydrogen-bond acceptors (Lipinski definition) is 2. The molecule has 0 saturated carbocycles. The summed E-state index contributed by atoms with van der Waals surface area (Å²) < 4.78 is 4.32. The second-order valence-electron chi connectivity index (χ2n) is 0.622. The molecule has 0 N–H and O–H groups in total. The number of hydrogen-bond donors (Lipinski definition) is 0. The van der Waals surface area contributed by atoms with Gasteiger partial charge >= 0.3 is 0 Å². The molecule has 0 fully saturated rings. The largest absolute Gasteiger partial charge is 0.377 e. The van der Waals surface area contributed by atoms with Gasteiger partial charge in [0.2, 0.25) is 0 Å². The Hall–Kier alpha value is 0.370. The predicted molar refractivity (Wildman–Crippen MR) is 17.9 cm³/mol. The molecular formula is C3H6NbO2. The van der Waals surface area contributed by atoms with Crippen molar-refractivity contribution in [2.45, 2.75) is 0 Å². The number of methoxy groups -OCH3 is 1. The summed E-state index contributed by atoms with van der Waals surface area (Å²) in [5.41, 5.74) is 0. The maximum absolute atomic E-state index is 9.28. The Balaban J connectivity index is 0. The van der Waals surface area contributed by atoms with Crippen LogP contribution in [0, 0.1) is 0 Å². The van der Waals surface area contributed by atoms with Crippen LogP contribution in [0.1, 0.15) is 0 Å². The van der Waals surface area contributed by atoms with Gasteiger partial charge in [-0.3, -0.25) is 0 Å². The molecule has 3 heteroatoms. The summed E-state index contributed by atoms with van der Waals surface area (Å²) in [6, 6.07) is 0. The van der Waals surface area contributed by atoms with Crippen molar-refractivity contribution >= 4 is 6.29 Å². The summed E-state index contributed by atoms with van der Waals surface area (Å²) in [7, 11) is 1.48. The third-order valence-corrected chi connectivity index (χ3v) is 0.235. The molecule has 0 unspecified atom stereocenters. The fourth-order valence-electron chi connectivity index (χ4n) is 0.0680. The Labute approximate surface area is 52.4 Å². The smallest absolute Gasteiger partial charge is 0.145 e. The molecule has 2 nitrogen and oxygen atoms in total. The Morgan fingerprint density at radius 3 is 2.33 bits per heavy atom.